The highest BCUT2D eigenvalue weighted by atomic mass is 35.5. The van der Waals surface area contributed by atoms with E-state index in [1.807, 2.05) is 20.8 Å². The van der Waals surface area contributed by atoms with Gasteiger partial charge in [0.1, 0.15) is 10.4 Å². The van der Waals surface area contributed by atoms with Crippen molar-refractivity contribution in [2.75, 3.05) is 0 Å². The van der Waals surface area contributed by atoms with Gasteiger partial charge in [-0.15, -0.1) is 0 Å². The molecule has 1 unspecified atom stereocenters. The van der Waals surface area contributed by atoms with Gasteiger partial charge in [-0.05, 0) is 43.5 Å². The number of nitrogens with zero attached hydrogens (tertiary/aromatic N) is 2. The lowest BCUT2D eigenvalue weighted by molar-refractivity contribution is 0.0588. The standard InChI is InChI=1S/C24H23ClN2O5S/c1-24(2,3)23-26-18-11-10-17(25)20(19(18)32-23)33(30,31)14-9-8-13(12-14)27-21(28)15-6-4-5-7-16(15)22(27)29/h4-7,10-11,13-14H,8-9,12H2,1-3H3/t13-,14?/m1/s1. The quantitative estimate of drug-likeness (QED) is 0.494. The van der Waals surface area contributed by atoms with Gasteiger partial charge in [0.15, 0.2) is 15.4 Å². The highest BCUT2D eigenvalue weighted by molar-refractivity contribution is 7.92. The summed E-state index contributed by atoms with van der Waals surface area (Å²) in [5.41, 5.74) is 0.890. The molecule has 0 spiro atoms. The van der Waals surface area contributed by atoms with E-state index in [9.17, 15) is 18.0 Å². The van der Waals surface area contributed by atoms with E-state index in [1.54, 1.807) is 30.3 Å². The van der Waals surface area contributed by atoms with Crippen molar-refractivity contribution in [3.05, 3.63) is 58.4 Å². The second-order valence-electron chi connectivity index (χ2n) is 9.65. The van der Waals surface area contributed by atoms with Gasteiger partial charge in [0.05, 0.1) is 21.4 Å². The first-order valence-corrected chi connectivity index (χ1v) is 12.7. The molecule has 1 saturated carbocycles. The predicted octanol–water partition coefficient (Wildman–Crippen LogP) is 4.77. The molecule has 0 N–H and O–H groups in total. The molecular formula is C24H23ClN2O5S. The largest absolute Gasteiger partial charge is 0.439 e. The number of fused-ring (bicyclic) bond motifs is 2. The van der Waals surface area contributed by atoms with Crippen LogP contribution in [0, 0.1) is 0 Å². The van der Waals surface area contributed by atoms with Crippen LogP contribution in [0.1, 0.15) is 66.6 Å². The summed E-state index contributed by atoms with van der Waals surface area (Å²) in [5.74, 6) is -0.320. The van der Waals surface area contributed by atoms with Crippen molar-refractivity contribution in [1.82, 2.24) is 9.88 Å². The van der Waals surface area contributed by atoms with Gasteiger partial charge in [-0.2, -0.15) is 0 Å². The molecular weight excluding hydrogens is 464 g/mol. The van der Waals surface area contributed by atoms with Crippen LogP contribution in [-0.4, -0.2) is 41.4 Å². The first-order chi connectivity index (χ1) is 15.5. The highest BCUT2D eigenvalue weighted by Crippen LogP contribution is 2.41. The van der Waals surface area contributed by atoms with E-state index in [4.69, 9.17) is 16.0 Å². The van der Waals surface area contributed by atoms with Crippen molar-refractivity contribution in [3.8, 4) is 0 Å². The van der Waals surface area contributed by atoms with Gasteiger partial charge in [0.2, 0.25) is 5.89 Å². The molecule has 1 aromatic heterocycles. The Morgan fingerprint density at radius 1 is 1.03 bits per heavy atom. The van der Waals surface area contributed by atoms with Crippen molar-refractivity contribution in [3.63, 3.8) is 0 Å². The fourth-order valence-electron chi connectivity index (χ4n) is 4.67. The molecule has 0 bridgehead atoms. The molecule has 5 rings (SSSR count). The monoisotopic (exact) mass is 486 g/mol. The van der Waals surface area contributed by atoms with E-state index in [1.165, 1.54) is 11.0 Å². The summed E-state index contributed by atoms with van der Waals surface area (Å²) in [5, 5.41) is -0.721. The summed E-state index contributed by atoms with van der Waals surface area (Å²) >= 11 is 6.37. The van der Waals surface area contributed by atoms with Crippen LogP contribution in [-0.2, 0) is 15.3 Å². The molecule has 172 valence electrons. The van der Waals surface area contributed by atoms with Crippen LogP contribution in [0.4, 0.5) is 0 Å². The van der Waals surface area contributed by atoms with Crippen molar-refractivity contribution in [2.24, 2.45) is 0 Å². The molecule has 2 atom stereocenters. The SMILES string of the molecule is CC(C)(C)c1nc2ccc(Cl)c(S(=O)(=O)C3CC[C@@H](N4C(=O)c5ccccc5C4=O)C3)c2o1. The number of hydrogen-bond donors (Lipinski definition) is 0. The summed E-state index contributed by atoms with van der Waals surface area (Å²) in [4.78, 5) is 31.3. The molecule has 33 heavy (non-hydrogen) atoms. The second kappa shape index (κ2) is 7.40. The van der Waals surface area contributed by atoms with E-state index >= 15 is 0 Å². The van der Waals surface area contributed by atoms with Crippen molar-refractivity contribution in [2.45, 2.75) is 61.6 Å². The summed E-state index contributed by atoms with van der Waals surface area (Å²) in [6.45, 7) is 5.78. The number of halogens is 1. The predicted molar refractivity (Wildman–Crippen MR) is 123 cm³/mol. The number of rotatable bonds is 3. The van der Waals surface area contributed by atoms with E-state index < -0.39 is 26.5 Å². The van der Waals surface area contributed by atoms with E-state index in [2.05, 4.69) is 4.98 Å². The fourth-order valence-corrected chi connectivity index (χ4v) is 7.14. The van der Waals surface area contributed by atoms with Crippen LogP contribution in [0.15, 0.2) is 45.7 Å². The minimum Gasteiger partial charge on any atom is -0.439 e. The lowest BCUT2D eigenvalue weighted by Crippen LogP contribution is -2.39. The average molecular weight is 487 g/mol. The molecule has 0 radical (unpaired) electrons. The van der Waals surface area contributed by atoms with Crippen LogP contribution in [0.25, 0.3) is 11.1 Å². The van der Waals surface area contributed by atoms with Crippen LogP contribution < -0.4 is 0 Å². The molecule has 0 saturated heterocycles. The summed E-state index contributed by atoms with van der Waals surface area (Å²) in [7, 11) is -3.91. The number of sulfone groups is 1. The Kier molecular flexibility index (Phi) is 4.95. The maximum atomic E-state index is 13.7. The maximum absolute atomic E-state index is 13.7. The third-order valence-electron chi connectivity index (χ3n) is 6.38. The number of oxazole rings is 1. The lowest BCUT2D eigenvalue weighted by atomic mass is 9.97. The van der Waals surface area contributed by atoms with Crippen molar-refractivity contribution >= 4 is 44.4 Å². The summed E-state index contributed by atoms with van der Waals surface area (Å²) in [6, 6.07) is 9.33. The zero-order chi connectivity index (χ0) is 23.7. The Bertz CT molecular complexity index is 1390. The van der Waals surface area contributed by atoms with Gasteiger partial charge in [-0.25, -0.2) is 13.4 Å². The zero-order valence-electron chi connectivity index (χ0n) is 18.5. The average Bonchev–Trinajstić information content (AvgIpc) is 3.45. The number of aromatic nitrogens is 1. The van der Waals surface area contributed by atoms with E-state index in [0.717, 1.165) is 0 Å². The Balaban J connectivity index is 1.49. The minimum atomic E-state index is -3.91. The van der Waals surface area contributed by atoms with Crippen molar-refractivity contribution in [1.29, 1.82) is 0 Å². The van der Waals surface area contributed by atoms with Gasteiger partial charge >= 0.3 is 0 Å². The first kappa shape index (κ1) is 22.1. The summed E-state index contributed by atoms with van der Waals surface area (Å²) < 4.78 is 33.3. The van der Waals surface area contributed by atoms with Gasteiger partial charge in [0, 0.05) is 11.5 Å². The van der Waals surface area contributed by atoms with E-state index in [-0.39, 0.29) is 33.7 Å². The molecule has 2 amide bonds. The van der Waals surface area contributed by atoms with Gasteiger partial charge in [-0.3, -0.25) is 14.5 Å². The third-order valence-corrected chi connectivity index (χ3v) is 9.08. The topological polar surface area (TPSA) is 97.5 Å². The fraction of sp³-hybridized carbons (Fsp3) is 0.375. The Labute approximate surface area is 196 Å². The number of hydrogen-bond acceptors (Lipinski definition) is 6. The summed E-state index contributed by atoms with van der Waals surface area (Å²) in [6.07, 6.45) is 0.876. The van der Waals surface area contributed by atoms with Crippen LogP contribution in [0.2, 0.25) is 5.02 Å². The van der Waals surface area contributed by atoms with Gasteiger partial charge in [0.25, 0.3) is 11.8 Å². The molecule has 1 aliphatic carbocycles. The Hall–Kier alpha value is -2.71. The maximum Gasteiger partial charge on any atom is 0.261 e. The van der Waals surface area contributed by atoms with Crippen LogP contribution >= 0.6 is 11.6 Å². The Morgan fingerprint density at radius 2 is 1.67 bits per heavy atom. The number of amides is 2. The molecule has 9 heteroatoms. The van der Waals surface area contributed by atoms with Gasteiger partial charge < -0.3 is 4.42 Å². The first-order valence-electron chi connectivity index (χ1n) is 10.8. The third kappa shape index (κ3) is 3.38. The highest BCUT2D eigenvalue weighted by Gasteiger charge is 2.46. The second-order valence-corrected chi connectivity index (χ2v) is 12.2. The number of carbonyl (C=O) groups excluding carboxylic acids is 2. The lowest BCUT2D eigenvalue weighted by Gasteiger charge is -2.22. The Morgan fingerprint density at radius 3 is 2.27 bits per heavy atom. The molecule has 1 fully saturated rings. The van der Waals surface area contributed by atoms with Crippen molar-refractivity contribution < 1.29 is 22.4 Å². The normalized spacial score (nSPS) is 21.3. The molecule has 2 aromatic carbocycles. The van der Waals surface area contributed by atoms with Crippen LogP contribution in [0.5, 0.6) is 0 Å². The van der Waals surface area contributed by atoms with Crippen LogP contribution in [0.3, 0.4) is 0 Å². The number of carbonyl (C=O) groups is 2. The molecule has 3 aromatic rings. The zero-order valence-corrected chi connectivity index (χ0v) is 20.0. The number of benzene rings is 2. The molecule has 2 heterocycles. The molecule has 7 nitrogen and oxygen atoms in total. The smallest absolute Gasteiger partial charge is 0.261 e. The number of imide groups is 1. The van der Waals surface area contributed by atoms with E-state index in [0.29, 0.717) is 35.4 Å². The molecule has 2 aliphatic rings. The van der Waals surface area contributed by atoms with Gasteiger partial charge in [-0.1, -0.05) is 44.5 Å². The minimum absolute atomic E-state index is 0.0716. The molecule has 1 aliphatic heterocycles.